The average molecular weight is 440 g/mol. The highest BCUT2D eigenvalue weighted by atomic mass is 79.9. The summed E-state index contributed by atoms with van der Waals surface area (Å²) in [6, 6.07) is 3.23. The molecule has 4 nitrogen and oxygen atoms in total. The van der Waals surface area contributed by atoms with Gasteiger partial charge in [0.15, 0.2) is 0 Å². The van der Waals surface area contributed by atoms with Gasteiger partial charge in [-0.2, -0.15) is 0 Å². The average Bonchev–Trinajstić information content (AvgIpc) is 2.29. The summed E-state index contributed by atoms with van der Waals surface area (Å²) in [4.78, 5) is 0.118. The van der Waals surface area contributed by atoms with Crippen LogP contribution in [0, 0.1) is 5.41 Å². The molecule has 0 aliphatic heterocycles. The molecular weight excluding hydrogens is 420 g/mol. The Morgan fingerprint density at radius 1 is 1.29 bits per heavy atom. The van der Waals surface area contributed by atoms with Gasteiger partial charge in [0.25, 0.3) is 0 Å². The van der Waals surface area contributed by atoms with Gasteiger partial charge in [-0.3, -0.25) is 0 Å². The molecule has 0 bridgehead atoms. The van der Waals surface area contributed by atoms with Crippen LogP contribution >= 0.6 is 31.9 Å². The molecule has 1 aromatic carbocycles. The third-order valence-electron chi connectivity index (χ3n) is 4.11. The molecular formula is C14H20Br2N2O2S. The SMILES string of the molecule is CC1(C)CCCCC1NS(=O)(=O)c1c(N)cc(Br)cc1Br. The van der Waals surface area contributed by atoms with Crippen LogP contribution in [0.5, 0.6) is 0 Å². The minimum Gasteiger partial charge on any atom is -0.398 e. The van der Waals surface area contributed by atoms with E-state index in [4.69, 9.17) is 5.73 Å². The number of hydrogen-bond donors (Lipinski definition) is 2. The van der Waals surface area contributed by atoms with Gasteiger partial charge in [-0.1, -0.05) is 42.6 Å². The summed E-state index contributed by atoms with van der Waals surface area (Å²) in [5.41, 5.74) is 6.10. The standard InChI is InChI=1S/C14H20Br2N2O2S/c1-14(2)6-4-3-5-12(14)18-21(19,20)13-10(16)7-9(15)8-11(13)17/h7-8,12,18H,3-6,17H2,1-2H3. The van der Waals surface area contributed by atoms with E-state index in [1.54, 1.807) is 12.1 Å². The van der Waals surface area contributed by atoms with Crippen molar-refractivity contribution in [2.24, 2.45) is 5.41 Å². The Balaban J connectivity index is 2.35. The van der Waals surface area contributed by atoms with Crippen LogP contribution in [0.1, 0.15) is 39.5 Å². The van der Waals surface area contributed by atoms with Crippen LogP contribution < -0.4 is 10.5 Å². The van der Waals surface area contributed by atoms with E-state index >= 15 is 0 Å². The Labute approximate surface area is 143 Å². The number of sulfonamides is 1. The fourth-order valence-electron chi connectivity index (χ4n) is 2.82. The Kier molecular flexibility index (Phi) is 5.08. The third-order valence-corrected chi connectivity index (χ3v) is 7.04. The predicted molar refractivity (Wildman–Crippen MR) is 92.6 cm³/mol. The van der Waals surface area contributed by atoms with E-state index in [1.807, 2.05) is 0 Å². The molecule has 3 N–H and O–H groups in total. The lowest BCUT2D eigenvalue weighted by Crippen LogP contribution is -2.46. The molecule has 1 fully saturated rings. The molecule has 0 saturated heterocycles. The fraction of sp³-hybridized carbons (Fsp3) is 0.571. The van der Waals surface area contributed by atoms with E-state index in [0.717, 1.165) is 30.2 Å². The van der Waals surface area contributed by atoms with Gasteiger partial charge in [0.2, 0.25) is 10.0 Å². The highest BCUT2D eigenvalue weighted by molar-refractivity contribution is 9.11. The Bertz CT molecular complexity index is 621. The number of benzene rings is 1. The lowest BCUT2D eigenvalue weighted by molar-refractivity contribution is 0.188. The number of nitrogens with one attached hydrogen (secondary N) is 1. The van der Waals surface area contributed by atoms with Gasteiger partial charge in [-0.05, 0) is 46.3 Å². The highest BCUT2D eigenvalue weighted by Crippen LogP contribution is 2.38. The first kappa shape index (κ1) is 17.2. The Morgan fingerprint density at radius 3 is 2.52 bits per heavy atom. The summed E-state index contributed by atoms with van der Waals surface area (Å²) in [7, 11) is -3.65. The zero-order valence-corrected chi connectivity index (χ0v) is 16.1. The first-order chi connectivity index (χ1) is 9.63. The van der Waals surface area contributed by atoms with Crippen molar-refractivity contribution in [3.8, 4) is 0 Å². The predicted octanol–water partition coefficient (Wildman–Crippen LogP) is 4.04. The van der Waals surface area contributed by atoms with E-state index in [0.29, 0.717) is 4.47 Å². The zero-order chi connectivity index (χ0) is 15.8. The number of nitrogen functional groups attached to an aromatic ring is 1. The molecule has 0 radical (unpaired) electrons. The summed E-state index contributed by atoms with van der Waals surface area (Å²) in [6.07, 6.45) is 4.08. The Hall–Kier alpha value is -0.110. The molecule has 0 heterocycles. The number of nitrogens with two attached hydrogens (primary N) is 1. The number of anilines is 1. The van der Waals surface area contributed by atoms with Crippen LogP contribution in [0.3, 0.4) is 0 Å². The quantitative estimate of drug-likeness (QED) is 0.698. The maximum absolute atomic E-state index is 12.7. The number of rotatable bonds is 3. The first-order valence-corrected chi connectivity index (χ1v) is 9.97. The molecule has 1 atom stereocenters. The van der Waals surface area contributed by atoms with Gasteiger partial charge in [-0.25, -0.2) is 13.1 Å². The Morgan fingerprint density at radius 2 is 1.95 bits per heavy atom. The van der Waals surface area contributed by atoms with Crippen molar-refractivity contribution in [3.05, 3.63) is 21.1 Å². The molecule has 0 spiro atoms. The minimum absolute atomic E-state index is 0.0398. The summed E-state index contributed by atoms with van der Waals surface area (Å²) >= 11 is 6.60. The number of halogens is 2. The van der Waals surface area contributed by atoms with Crippen LogP contribution in [-0.2, 0) is 10.0 Å². The molecule has 1 aromatic rings. The van der Waals surface area contributed by atoms with Crippen LogP contribution in [0.15, 0.2) is 26.0 Å². The van der Waals surface area contributed by atoms with E-state index in [2.05, 4.69) is 50.4 Å². The molecule has 0 aromatic heterocycles. The molecule has 118 valence electrons. The molecule has 2 rings (SSSR count). The maximum atomic E-state index is 12.7. The van der Waals surface area contributed by atoms with E-state index in [9.17, 15) is 8.42 Å². The normalized spacial score (nSPS) is 22.2. The maximum Gasteiger partial charge on any atom is 0.244 e. The summed E-state index contributed by atoms with van der Waals surface area (Å²) < 4.78 is 29.5. The second kappa shape index (κ2) is 6.18. The second-order valence-electron chi connectivity index (χ2n) is 6.21. The molecule has 0 amide bonds. The zero-order valence-electron chi connectivity index (χ0n) is 12.1. The minimum atomic E-state index is -3.65. The van der Waals surface area contributed by atoms with E-state index in [1.165, 1.54) is 0 Å². The molecule has 1 saturated carbocycles. The van der Waals surface area contributed by atoms with Gasteiger partial charge >= 0.3 is 0 Å². The largest absolute Gasteiger partial charge is 0.398 e. The van der Waals surface area contributed by atoms with Crippen molar-refractivity contribution in [2.75, 3.05) is 5.73 Å². The molecule has 21 heavy (non-hydrogen) atoms. The summed E-state index contributed by atoms with van der Waals surface area (Å²) in [6.45, 7) is 4.22. The highest BCUT2D eigenvalue weighted by Gasteiger charge is 2.36. The van der Waals surface area contributed by atoms with E-state index in [-0.39, 0.29) is 22.0 Å². The summed E-state index contributed by atoms with van der Waals surface area (Å²) in [5, 5.41) is 0. The van der Waals surface area contributed by atoms with Gasteiger partial charge in [0, 0.05) is 15.0 Å². The monoisotopic (exact) mass is 438 g/mol. The van der Waals surface area contributed by atoms with Crippen molar-refractivity contribution in [3.63, 3.8) is 0 Å². The second-order valence-corrected chi connectivity index (χ2v) is 9.64. The summed E-state index contributed by atoms with van der Waals surface area (Å²) in [5.74, 6) is 0. The molecule has 1 unspecified atom stereocenters. The van der Waals surface area contributed by atoms with Crippen molar-refractivity contribution in [1.29, 1.82) is 0 Å². The molecule has 1 aliphatic carbocycles. The molecule has 1 aliphatic rings. The topological polar surface area (TPSA) is 72.2 Å². The van der Waals surface area contributed by atoms with Gasteiger partial charge < -0.3 is 5.73 Å². The van der Waals surface area contributed by atoms with Crippen molar-refractivity contribution < 1.29 is 8.42 Å². The van der Waals surface area contributed by atoms with Crippen LogP contribution in [0.4, 0.5) is 5.69 Å². The van der Waals surface area contributed by atoms with Crippen LogP contribution in [0.2, 0.25) is 0 Å². The van der Waals surface area contributed by atoms with E-state index < -0.39 is 10.0 Å². The van der Waals surface area contributed by atoms with Gasteiger partial charge in [0.05, 0.1) is 5.69 Å². The smallest absolute Gasteiger partial charge is 0.244 e. The van der Waals surface area contributed by atoms with Crippen LogP contribution in [0.25, 0.3) is 0 Å². The van der Waals surface area contributed by atoms with Crippen molar-refractivity contribution >= 4 is 47.6 Å². The lowest BCUT2D eigenvalue weighted by atomic mass is 9.74. The third kappa shape index (κ3) is 3.81. The van der Waals surface area contributed by atoms with Crippen molar-refractivity contribution in [2.45, 2.75) is 50.5 Å². The number of hydrogen-bond acceptors (Lipinski definition) is 3. The fourth-order valence-corrected chi connectivity index (χ4v) is 6.33. The van der Waals surface area contributed by atoms with Gasteiger partial charge in [0.1, 0.15) is 4.90 Å². The van der Waals surface area contributed by atoms with Crippen molar-refractivity contribution in [1.82, 2.24) is 4.72 Å². The molecule has 7 heteroatoms. The first-order valence-electron chi connectivity index (χ1n) is 6.90. The lowest BCUT2D eigenvalue weighted by Gasteiger charge is -2.38. The van der Waals surface area contributed by atoms with Gasteiger partial charge in [-0.15, -0.1) is 0 Å². The van der Waals surface area contributed by atoms with Crippen LogP contribution in [-0.4, -0.2) is 14.5 Å².